The van der Waals surface area contributed by atoms with Crippen LogP contribution in [-0.2, 0) is 16.1 Å². The average molecular weight is 261 g/mol. The molecule has 0 saturated heterocycles. The SMILES string of the molecule is COCCn1cc(NC(=O)C(C)(C)C(F)F)cn1. The van der Waals surface area contributed by atoms with Crippen molar-refractivity contribution in [3.63, 3.8) is 0 Å². The molecule has 7 heteroatoms. The van der Waals surface area contributed by atoms with Gasteiger partial charge in [0.05, 0.1) is 25.0 Å². The molecule has 1 N–H and O–H groups in total. The normalized spacial score (nSPS) is 11.9. The molecule has 0 unspecified atom stereocenters. The van der Waals surface area contributed by atoms with Crippen LogP contribution in [0.15, 0.2) is 12.4 Å². The zero-order valence-electron chi connectivity index (χ0n) is 10.6. The summed E-state index contributed by atoms with van der Waals surface area (Å²) >= 11 is 0. The molecule has 18 heavy (non-hydrogen) atoms. The minimum absolute atomic E-state index is 0.393. The van der Waals surface area contributed by atoms with Crippen molar-refractivity contribution in [2.75, 3.05) is 19.0 Å². The first-order valence-electron chi connectivity index (χ1n) is 5.49. The van der Waals surface area contributed by atoms with Gasteiger partial charge in [0.1, 0.15) is 5.41 Å². The second-order valence-electron chi connectivity index (χ2n) is 4.46. The zero-order valence-corrected chi connectivity index (χ0v) is 10.6. The number of rotatable bonds is 6. The number of amides is 1. The van der Waals surface area contributed by atoms with E-state index >= 15 is 0 Å². The number of alkyl halides is 2. The highest BCUT2D eigenvalue weighted by Gasteiger charge is 2.37. The predicted molar refractivity (Wildman–Crippen MR) is 62.5 cm³/mol. The van der Waals surface area contributed by atoms with Crippen molar-refractivity contribution in [3.05, 3.63) is 12.4 Å². The number of halogens is 2. The van der Waals surface area contributed by atoms with Crippen LogP contribution in [0.1, 0.15) is 13.8 Å². The molecule has 1 aromatic rings. The first-order valence-corrected chi connectivity index (χ1v) is 5.49. The molecule has 0 radical (unpaired) electrons. The monoisotopic (exact) mass is 261 g/mol. The maximum atomic E-state index is 12.6. The molecule has 1 amide bonds. The van der Waals surface area contributed by atoms with Gasteiger partial charge in [0, 0.05) is 13.3 Å². The number of carbonyl (C=O) groups is 1. The lowest BCUT2D eigenvalue weighted by atomic mass is 9.93. The van der Waals surface area contributed by atoms with Gasteiger partial charge in [0.15, 0.2) is 0 Å². The Labute approximate surface area is 104 Å². The Kier molecular flexibility index (Phi) is 4.77. The van der Waals surface area contributed by atoms with E-state index < -0.39 is 17.7 Å². The molecule has 102 valence electrons. The highest BCUT2D eigenvalue weighted by molar-refractivity contribution is 5.94. The largest absolute Gasteiger partial charge is 0.383 e. The van der Waals surface area contributed by atoms with E-state index in [9.17, 15) is 13.6 Å². The summed E-state index contributed by atoms with van der Waals surface area (Å²) in [6, 6.07) is 0. The van der Waals surface area contributed by atoms with Crippen LogP contribution in [0.3, 0.4) is 0 Å². The summed E-state index contributed by atoms with van der Waals surface area (Å²) < 4.78 is 31.7. The van der Waals surface area contributed by atoms with E-state index in [1.54, 1.807) is 18.0 Å². The van der Waals surface area contributed by atoms with Gasteiger partial charge < -0.3 is 10.1 Å². The second-order valence-corrected chi connectivity index (χ2v) is 4.46. The van der Waals surface area contributed by atoms with Gasteiger partial charge >= 0.3 is 0 Å². The van der Waals surface area contributed by atoms with E-state index in [4.69, 9.17) is 4.74 Å². The lowest BCUT2D eigenvalue weighted by Gasteiger charge is -2.21. The van der Waals surface area contributed by atoms with Gasteiger partial charge in [-0.05, 0) is 13.8 Å². The van der Waals surface area contributed by atoms with Gasteiger partial charge in [0.2, 0.25) is 5.91 Å². The highest BCUT2D eigenvalue weighted by atomic mass is 19.3. The molecule has 0 aliphatic rings. The highest BCUT2D eigenvalue weighted by Crippen LogP contribution is 2.26. The van der Waals surface area contributed by atoms with E-state index in [1.165, 1.54) is 20.0 Å². The van der Waals surface area contributed by atoms with Crippen LogP contribution in [0.25, 0.3) is 0 Å². The Bertz CT molecular complexity index is 405. The molecular formula is C11H17F2N3O2. The van der Waals surface area contributed by atoms with Crippen LogP contribution >= 0.6 is 0 Å². The number of nitrogens with zero attached hydrogens (tertiary/aromatic N) is 2. The lowest BCUT2D eigenvalue weighted by Crippen LogP contribution is -2.36. The van der Waals surface area contributed by atoms with E-state index in [0.29, 0.717) is 18.8 Å². The fraction of sp³-hybridized carbons (Fsp3) is 0.636. The van der Waals surface area contributed by atoms with Crippen LogP contribution in [0.4, 0.5) is 14.5 Å². The fourth-order valence-corrected chi connectivity index (χ4v) is 1.13. The minimum atomic E-state index is -2.72. The standard InChI is InChI=1S/C11H17F2N3O2/c1-11(2,9(12)13)10(17)15-8-6-14-16(7-8)4-5-18-3/h6-7,9H,4-5H2,1-3H3,(H,15,17). The second kappa shape index (κ2) is 5.90. The fourth-order valence-electron chi connectivity index (χ4n) is 1.13. The lowest BCUT2D eigenvalue weighted by molar-refractivity contribution is -0.131. The van der Waals surface area contributed by atoms with E-state index in [2.05, 4.69) is 10.4 Å². The Morgan fingerprint density at radius 1 is 1.61 bits per heavy atom. The Morgan fingerprint density at radius 3 is 2.83 bits per heavy atom. The third kappa shape index (κ3) is 3.49. The Hall–Kier alpha value is -1.50. The molecule has 1 aromatic heterocycles. The van der Waals surface area contributed by atoms with Gasteiger partial charge in [-0.15, -0.1) is 0 Å². The summed E-state index contributed by atoms with van der Waals surface area (Å²) in [5.74, 6) is -0.733. The van der Waals surface area contributed by atoms with Crippen molar-refractivity contribution in [1.29, 1.82) is 0 Å². The number of nitrogens with one attached hydrogen (secondary N) is 1. The van der Waals surface area contributed by atoms with Crippen LogP contribution in [0.5, 0.6) is 0 Å². The molecule has 0 fully saturated rings. The number of hydrogen-bond acceptors (Lipinski definition) is 3. The molecule has 0 aromatic carbocycles. The number of anilines is 1. The summed E-state index contributed by atoms with van der Waals surface area (Å²) in [5.41, 5.74) is -1.33. The first kappa shape index (κ1) is 14.6. The summed E-state index contributed by atoms with van der Waals surface area (Å²) in [4.78, 5) is 11.6. The quantitative estimate of drug-likeness (QED) is 0.849. The summed E-state index contributed by atoms with van der Waals surface area (Å²) in [6.07, 6.45) is 0.258. The molecule has 1 rings (SSSR count). The van der Waals surface area contributed by atoms with Crippen molar-refractivity contribution >= 4 is 11.6 Å². The molecule has 0 saturated carbocycles. The number of methoxy groups -OCH3 is 1. The maximum Gasteiger partial charge on any atom is 0.252 e. The third-order valence-electron chi connectivity index (χ3n) is 2.55. The maximum absolute atomic E-state index is 12.6. The number of carbonyl (C=O) groups excluding carboxylic acids is 1. The van der Waals surface area contributed by atoms with Gasteiger partial charge in [-0.3, -0.25) is 9.48 Å². The van der Waals surface area contributed by atoms with Crippen molar-refractivity contribution < 1.29 is 18.3 Å². The summed E-state index contributed by atoms with van der Waals surface area (Å²) in [5, 5.41) is 6.39. The molecule has 1 heterocycles. The number of aromatic nitrogens is 2. The number of hydrogen-bond donors (Lipinski definition) is 1. The van der Waals surface area contributed by atoms with E-state index in [0.717, 1.165) is 0 Å². The van der Waals surface area contributed by atoms with Crippen LogP contribution < -0.4 is 5.32 Å². The molecule has 5 nitrogen and oxygen atoms in total. The smallest absolute Gasteiger partial charge is 0.252 e. The zero-order chi connectivity index (χ0) is 13.8. The molecule has 0 bridgehead atoms. The van der Waals surface area contributed by atoms with Crippen molar-refractivity contribution in [3.8, 4) is 0 Å². The Balaban J connectivity index is 2.62. The molecule has 0 aliphatic heterocycles. The molecule has 0 aliphatic carbocycles. The minimum Gasteiger partial charge on any atom is -0.383 e. The predicted octanol–water partition coefficient (Wildman–Crippen LogP) is 1.76. The van der Waals surface area contributed by atoms with Gasteiger partial charge in [-0.2, -0.15) is 5.10 Å². The van der Waals surface area contributed by atoms with Crippen molar-refractivity contribution in [1.82, 2.24) is 9.78 Å². The topological polar surface area (TPSA) is 56.1 Å². The van der Waals surface area contributed by atoms with Gasteiger partial charge in [0.25, 0.3) is 6.43 Å². The molecule has 0 spiro atoms. The van der Waals surface area contributed by atoms with E-state index in [1.807, 2.05) is 0 Å². The number of ether oxygens (including phenoxy) is 1. The Morgan fingerprint density at radius 2 is 2.28 bits per heavy atom. The third-order valence-corrected chi connectivity index (χ3v) is 2.55. The summed E-state index contributed by atoms with van der Waals surface area (Å²) in [7, 11) is 1.57. The van der Waals surface area contributed by atoms with Crippen LogP contribution in [0.2, 0.25) is 0 Å². The van der Waals surface area contributed by atoms with Gasteiger partial charge in [-0.25, -0.2) is 8.78 Å². The average Bonchev–Trinajstić information content (AvgIpc) is 2.73. The van der Waals surface area contributed by atoms with E-state index in [-0.39, 0.29) is 0 Å². The van der Waals surface area contributed by atoms with Crippen LogP contribution in [0, 0.1) is 5.41 Å². The molecule has 0 atom stereocenters. The molecular weight excluding hydrogens is 244 g/mol. The van der Waals surface area contributed by atoms with Crippen LogP contribution in [-0.4, -0.2) is 35.8 Å². The van der Waals surface area contributed by atoms with Gasteiger partial charge in [-0.1, -0.05) is 0 Å². The van der Waals surface area contributed by atoms with Crippen molar-refractivity contribution in [2.24, 2.45) is 5.41 Å². The summed E-state index contributed by atoms with van der Waals surface area (Å²) in [6.45, 7) is 3.41. The van der Waals surface area contributed by atoms with Crippen molar-refractivity contribution in [2.45, 2.75) is 26.8 Å². The first-order chi connectivity index (χ1) is 8.37.